The van der Waals surface area contributed by atoms with Crippen LogP contribution in [0.3, 0.4) is 0 Å². The van der Waals surface area contributed by atoms with Crippen molar-refractivity contribution < 1.29 is 42.4 Å². The van der Waals surface area contributed by atoms with Gasteiger partial charge in [0.25, 0.3) is 0 Å². The second kappa shape index (κ2) is 15.4. The quantitative estimate of drug-likeness (QED) is 0.208. The predicted molar refractivity (Wildman–Crippen MR) is 156 cm³/mol. The number of aliphatic carboxylic acids is 1. The van der Waals surface area contributed by atoms with Gasteiger partial charge in [0.05, 0.1) is 12.7 Å². The highest BCUT2D eigenvalue weighted by Gasteiger charge is 2.38. The van der Waals surface area contributed by atoms with Crippen molar-refractivity contribution in [1.82, 2.24) is 5.32 Å². The zero-order valence-electron chi connectivity index (χ0n) is 23.4. The van der Waals surface area contributed by atoms with Gasteiger partial charge in [-0.1, -0.05) is 66.7 Å². The normalized spacial score (nSPS) is 17.4. The summed E-state index contributed by atoms with van der Waals surface area (Å²) in [5, 5.41) is 23.3. The van der Waals surface area contributed by atoms with Gasteiger partial charge in [-0.2, -0.15) is 13.2 Å². The van der Waals surface area contributed by atoms with E-state index in [1.807, 2.05) is 42.5 Å². The van der Waals surface area contributed by atoms with E-state index in [1.165, 1.54) is 21.9 Å². The van der Waals surface area contributed by atoms with E-state index in [1.54, 1.807) is 0 Å². The van der Waals surface area contributed by atoms with E-state index in [0.717, 1.165) is 31.0 Å². The number of rotatable bonds is 10. The Hall–Kier alpha value is -4.12. The fourth-order valence-corrected chi connectivity index (χ4v) is 4.68. The topological polar surface area (TPSA) is 97.3 Å². The summed E-state index contributed by atoms with van der Waals surface area (Å²) in [4.78, 5) is 8.90. The summed E-state index contributed by atoms with van der Waals surface area (Å²) in [6.07, 6.45) is -4.66. The third-order valence-electron chi connectivity index (χ3n) is 6.88. The number of carboxylic acid groups (broad SMARTS) is 1. The Morgan fingerprint density at radius 3 is 2.12 bits per heavy atom. The van der Waals surface area contributed by atoms with Crippen molar-refractivity contribution in [2.45, 2.75) is 37.3 Å². The highest BCUT2D eigenvalue weighted by molar-refractivity contribution is 5.82. The van der Waals surface area contributed by atoms with Gasteiger partial charge in [0.2, 0.25) is 0 Å². The summed E-state index contributed by atoms with van der Waals surface area (Å²) in [7, 11) is 0. The van der Waals surface area contributed by atoms with E-state index in [4.69, 9.17) is 24.1 Å². The summed E-state index contributed by atoms with van der Waals surface area (Å²) >= 11 is 0. The molecule has 0 bridgehead atoms. The number of halogens is 3. The predicted octanol–water partition coefficient (Wildman–Crippen LogP) is 5.95. The molecule has 0 amide bonds. The second-order valence-corrected chi connectivity index (χ2v) is 10.1. The smallest absolute Gasteiger partial charge is 0.490 e. The average Bonchev–Trinajstić information content (AvgIpc) is 3.02. The van der Waals surface area contributed by atoms with Crippen molar-refractivity contribution in [3.05, 3.63) is 108 Å². The molecule has 1 fully saturated rings. The fourth-order valence-electron chi connectivity index (χ4n) is 4.68. The number of aliphatic hydroxyl groups excluding tert-OH is 1. The number of carboxylic acids is 1. The van der Waals surface area contributed by atoms with E-state index in [-0.39, 0.29) is 19.3 Å². The van der Waals surface area contributed by atoms with Gasteiger partial charge in [0.1, 0.15) is 30.8 Å². The van der Waals surface area contributed by atoms with Gasteiger partial charge in [-0.05, 0) is 65.2 Å². The molecular formula is C33H34F3NO6. The lowest BCUT2D eigenvalue weighted by molar-refractivity contribution is -0.192. The molecule has 1 saturated heterocycles. The molecule has 4 aromatic rings. The van der Waals surface area contributed by atoms with Gasteiger partial charge in [-0.3, -0.25) is 0 Å². The molecule has 228 valence electrons. The van der Waals surface area contributed by atoms with Crippen LogP contribution in [0, 0.1) is 0 Å². The number of para-hydroxylation sites is 1. The number of nitrogens with one attached hydrogen (secondary N) is 1. The summed E-state index contributed by atoms with van der Waals surface area (Å²) in [6.45, 7) is 2.78. The minimum absolute atomic E-state index is 0.106. The van der Waals surface area contributed by atoms with Gasteiger partial charge in [-0.15, -0.1) is 0 Å². The molecular weight excluding hydrogens is 563 g/mol. The Balaban J connectivity index is 0.000000541. The third-order valence-corrected chi connectivity index (χ3v) is 6.88. The fraction of sp³-hybridized carbons (Fsp3) is 0.303. The number of alkyl halides is 3. The Labute approximate surface area is 247 Å². The van der Waals surface area contributed by atoms with Gasteiger partial charge in [0.15, 0.2) is 0 Å². The maximum atomic E-state index is 10.6. The van der Waals surface area contributed by atoms with Crippen LogP contribution >= 0.6 is 0 Å². The van der Waals surface area contributed by atoms with Gasteiger partial charge in [-0.25, -0.2) is 4.79 Å². The highest BCUT2D eigenvalue weighted by atomic mass is 19.4. The largest absolute Gasteiger partial charge is 0.491 e. The zero-order valence-corrected chi connectivity index (χ0v) is 23.4. The number of fused-ring (bicyclic) bond motifs is 1. The standard InChI is InChI=1S/C31H33NO4.C2HF3O2/c33-27(21-34-28-8-2-1-3-9-28)22-35-29-14-12-25(13-15-29)30-16-17-32-19-31(30)36-20-23-10-11-24-6-4-5-7-26(24)18-23;3-2(4,5)1(6)7/h1-15,18,27,30-33H,16-17,19-22H2;(H,6,7). The Kier molecular flexibility index (Phi) is 11.4. The van der Waals surface area contributed by atoms with E-state index in [2.05, 4.69) is 59.9 Å². The molecule has 0 spiro atoms. The van der Waals surface area contributed by atoms with Crippen molar-refractivity contribution in [1.29, 1.82) is 0 Å². The first-order valence-electron chi connectivity index (χ1n) is 13.9. The average molecular weight is 598 g/mol. The minimum Gasteiger partial charge on any atom is -0.491 e. The number of benzene rings is 4. The maximum Gasteiger partial charge on any atom is 0.490 e. The molecule has 10 heteroatoms. The van der Waals surface area contributed by atoms with Crippen LogP contribution in [0.5, 0.6) is 11.5 Å². The van der Waals surface area contributed by atoms with E-state index in [9.17, 15) is 18.3 Å². The van der Waals surface area contributed by atoms with Crippen LogP contribution in [0.25, 0.3) is 10.8 Å². The Morgan fingerprint density at radius 1 is 0.860 bits per heavy atom. The maximum absolute atomic E-state index is 10.6. The number of aliphatic hydroxyl groups is 1. The second-order valence-electron chi connectivity index (χ2n) is 10.1. The van der Waals surface area contributed by atoms with Crippen LogP contribution in [0.1, 0.15) is 23.5 Å². The van der Waals surface area contributed by atoms with E-state index in [0.29, 0.717) is 12.5 Å². The van der Waals surface area contributed by atoms with Crippen LogP contribution in [0.4, 0.5) is 13.2 Å². The Morgan fingerprint density at radius 2 is 1.47 bits per heavy atom. The molecule has 5 rings (SSSR count). The zero-order chi connectivity index (χ0) is 30.7. The van der Waals surface area contributed by atoms with Crippen LogP contribution in [0.2, 0.25) is 0 Å². The van der Waals surface area contributed by atoms with Crippen LogP contribution < -0.4 is 14.8 Å². The summed E-state index contributed by atoms with van der Waals surface area (Å²) < 4.78 is 49.5. The molecule has 3 unspecified atom stereocenters. The minimum atomic E-state index is -5.08. The first-order chi connectivity index (χ1) is 20.7. The van der Waals surface area contributed by atoms with E-state index >= 15 is 0 Å². The lowest BCUT2D eigenvalue weighted by Gasteiger charge is -2.32. The number of hydrogen-bond acceptors (Lipinski definition) is 6. The first-order valence-corrected chi connectivity index (χ1v) is 13.9. The van der Waals surface area contributed by atoms with Crippen molar-refractivity contribution in [3.8, 4) is 11.5 Å². The number of hydrogen-bond donors (Lipinski definition) is 3. The van der Waals surface area contributed by atoms with Crippen molar-refractivity contribution in [2.75, 3.05) is 26.3 Å². The number of piperidine rings is 1. The summed E-state index contributed by atoms with van der Waals surface area (Å²) in [6, 6.07) is 32.6. The molecule has 0 saturated carbocycles. The molecule has 1 aliphatic heterocycles. The molecule has 3 atom stereocenters. The van der Waals surface area contributed by atoms with Gasteiger partial charge in [0, 0.05) is 12.5 Å². The van der Waals surface area contributed by atoms with E-state index < -0.39 is 18.2 Å². The molecule has 0 aromatic heterocycles. The number of carbonyl (C=O) groups is 1. The molecule has 0 aliphatic carbocycles. The lowest BCUT2D eigenvalue weighted by Crippen LogP contribution is -2.40. The van der Waals surface area contributed by atoms with Crippen molar-refractivity contribution >= 4 is 16.7 Å². The van der Waals surface area contributed by atoms with Crippen molar-refractivity contribution in [2.24, 2.45) is 0 Å². The number of ether oxygens (including phenoxy) is 3. The molecule has 1 aliphatic rings. The van der Waals surface area contributed by atoms with Gasteiger partial charge < -0.3 is 29.7 Å². The van der Waals surface area contributed by atoms with Crippen LogP contribution in [-0.4, -0.2) is 60.9 Å². The third kappa shape index (κ3) is 9.99. The summed E-state index contributed by atoms with van der Waals surface area (Å²) in [5.74, 6) is -0.960. The SMILES string of the molecule is O=C(O)C(F)(F)F.OC(COc1ccccc1)COc1ccc(C2CCNCC2OCc2ccc3ccccc3c2)cc1. The highest BCUT2D eigenvalue weighted by Crippen LogP contribution is 2.30. The van der Waals surface area contributed by atoms with Crippen molar-refractivity contribution in [3.63, 3.8) is 0 Å². The van der Waals surface area contributed by atoms with Gasteiger partial charge >= 0.3 is 12.1 Å². The van der Waals surface area contributed by atoms with Crippen LogP contribution in [-0.2, 0) is 16.1 Å². The lowest BCUT2D eigenvalue weighted by atomic mass is 9.87. The molecule has 7 nitrogen and oxygen atoms in total. The molecule has 1 heterocycles. The molecule has 4 aromatic carbocycles. The first kappa shape index (κ1) is 31.8. The molecule has 43 heavy (non-hydrogen) atoms. The Bertz CT molecular complexity index is 1430. The van der Waals surface area contributed by atoms with Crippen LogP contribution in [0.15, 0.2) is 97.1 Å². The molecule has 0 radical (unpaired) electrons. The molecule has 3 N–H and O–H groups in total. The monoisotopic (exact) mass is 597 g/mol. The summed E-state index contributed by atoms with van der Waals surface area (Å²) in [5.41, 5.74) is 2.44.